The molecular formula is C19H14BrIN2O4. The highest BCUT2D eigenvalue weighted by Crippen LogP contribution is 2.31. The van der Waals surface area contributed by atoms with E-state index in [2.05, 4.69) is 21.2 Å². The van der Waals surface area contributed by atoms with Crippen LogP contribution in [0.25, 0.3) is 6.08 Å². The second kappa shape index (κ2) is 7.43. The van der Waals surface area contributed by atoms with Crippen LogP contribution in [0.15, 0.2) is 40.4 Å². The van der Waals surface area contributed by atoms with Crippen LogP contribution in [0.4, 0.5) is 10.5 Å². The first-order valence-corrected chi connectivity index (χ1v) is 9.72. The fourth-order valence-electron chi connectivity index (χ4n) is 2.82. The summed E-state index contributed by atoms with van der Waals surface area (Å²) in [4.78, 5) is 38.4. The molecule has 0 saturated carbocycles. The number of amides is 4. The van der Waals surface area contributed by atoms with Crippen LogP contribution in [0.5, 0.6) is 5.75 Å². The largest absolute Gasteiger partial charge is 0.506 e. The van der Waals surface area contributed by atoms with Crippen molar-refractivity contribution in [2.24, 2.45) is 0 Å². The summed E-state index contributed by atoms with van der Waals surface area (Å²) in [6.07, 6.45) is 1.28. The normalized spacial score (nSPS) is 16.1. The zero-order valence-corrected chi connectivity index (χ0v) is 18.1. The molecule has 0 radical (unpaired) electrons. The number of nitrogens with one attached hydrogen (secondary N) is 1. The summed E-state index contributed by atoms with van der Waals surface area (Å²) in [5.74, 6) is -1.61. The highest BCUT2D eigenvalue weighted by molar-refractivity contribution is 14.1. The van der Waals surface area contributed by atoms with Gasteiger partial charge in [-0.05, 0) is 77.9 Å². The van der Waals surface area contributed by atoms with Crippen molar-refractivity contribution in [2.75, 3.05) is 4.90 Å². The number of aromatic hydroxyl groups is 1. The van der Waals surface area contributed by atoms with E-state index in [0.717, 1.165) is 16.0 Å². The summed E-state index contributed by atoms with van der Waals surface area (Å²) in [6, 6.07) is 7.78. The van der Waals surface area contributed by atoms with Crippen LogP contribution < -0.4 is 10.2 Å². The Labute approximate surface area is 177 Å². The molecule has 1 saturated heterocycles. The fourth-order valence-corrected chi connectivity index (χ4v) is 4.37. The van der Waals surface area contributed by atoms with E-state index in [9.17, 15) is 19.5 Å². The van der Waals surface area contributed by atoms with Gasteiger partial charge in [-0.2, -0.15) is 0 Å². The van der Waals surface area contributed by atoms with Gasteiger partial charge in [-0.15, -0.1) is 0 Å². The van der Waals surface area contributed by atoms with Gasteiger partial charge in [0.1, 0.15) is 11.3 Å². The molecule has 4 amide bonds. The van der Waals surface area contributed by atoms with E-state index in [1.165, 1.54) is 6.08 Å². The van der Waals surface area contributed by atoms with E-state index in [1.54, 1.807) is 24.3 Å². The molecule has 0 atom stereocenters. The summed E-state index contributed by atoms with van der Waals surface area (Å²) >= 11 is 5.27. The van der Waals surface area contributed by atoms with E-state index in [0.29, 0.717) is 19.3 Å². The minimum absolute atomic E-state index is 0.0539. The lowest BCUT2D eigenvalue weighted by atomic mass is 10.0. The number of phenolic OH excluding ortho intramolecular Hbond substituents is 1. The molecule has 1 heterocycles. The van der Waals surface area contributed by atoms with Crippen molar-refractivity contribution in [1.82, 2.24) is 5.32 Å². The molecule has 27 heavy (non-hydrogen) atoms. The van der Waals surface area contributed by atoms with Crippen molar-refractivity contribution in [3.63, 3.8) is 0 Å². The molecule has 138 valence electrons. The Bertz CT molecular complexity index is 1010. The smallest absolute Gasteiger partial charge is 0.335 e. The van der Waals surface area contributed by atoms with Gasteiger partial charge in [0.25, 0.3) is 11.8 Å². The number of hydrogen-bond donors (Lipinski definition) is 2. The second-order valence-electron chi connectivity index (χ2n) is 6.13. The molecule has 3 rings (SSSR count). The zero-order chi connectivity index (χ0) is 19.9. The maximum absolute atomic E-state index is 12.9. The van der Waals surface area contributed by atoms with Crippen molar-refractivity contribution < 1.29 is 19.5 Å². The van der Waals surface area contributed by atoms with E-state index in [-0.39, 0.29) is 11.3 Å². The molecule has 2 aromatic carbocycles. The Kier molecular flexibility index (Phi) is 5.38. The summed E-state index contributed by atoms with van der Waals surface area (Å²) in [6.45, 7) is 3.71. The summed E-state index contributed by atoms with van der Waals surface area (Å²) in [5, 5.41) is 12.4. The van der Waals surface area contributed by atoms with Gasteiger partial charge in [0.05, 0.1) is 9.26 Å². The maximum Gasteiger partial charge on any atom is 0.335 e. The van der Waals surface area contributed by atoms with Crippen LogP contribution >= 0.6 is 38.5 Å². The number of hydrogen-bond acceptors (Lipinski definition) is 4. The molecule has 1 aliphatic heterocycles. The predicted molar refractivity (Wildman–Crippen MR) is 113 cm³/mol. The van der Waals surface area contributed by atoms with Gasteiger partial charge in [0.15, 0.2) is 0 Å². The minimum atomic E-state index is -0.806. The van der Waals surface area contributed by atoms with E-state index >= 15 is 0 Å². The van der Waals surface area contributed by atoms with Crippen LogP contribution in [0.3, 0.4) is 0 Å². The van der Waals surface area contributed by atoms with Crippen LogP contribution in [0.2, 0.25) is 0 Å². The number of benzene rings is 2. The van der Waals surface area contributed by atoms with Crippen LogP contribution in [-0.2, 0) is 9.59 Å². The molecule has 0 unspecified atom stereocenters. The number of carbonyl (C=O) groups is 3. The minimum Gasteiger partial charge on any atom is -0.506 e. The maximum atomic E-state index is 12.9. The van der Waals surface area contributed by atoms with Gasteiger partial charge in [0.2, 0.25) is 0 Å². The summed E-state index contributed by atoms with van der Waals surface area (Å²) in [7, 11) is 0. The Hall–Kier alpha value is -2.20. The Balaban J connectivity index is 2.10. The highest BCUT2D eigenvalue weighted by Gasteiger charge is 2.37. The molecule has 2 N–H and O–H groups in total. The third kappa shape index (κ3) is 3.91. The Morgan fingerprint density at radius 1 is 1.07 bits per heavy atom. The average molecular weight is 541 g/mol. The average Bonchev–Trinajstić information content (AvgIpc) is 2.54. The number of carbonyl (C=O) groups excluding carboxylic acids is 3. The first-order valence-electron chi connectivity index (χ1n) is 7.85. The standard InChI is InChI=1S/C19H14BrIN2O4/c1-9-3-10(2)5-13(4-9)23-18(26)14(17(25)22-19(23)27)7-11-6-12(20)8-15(21)16(11)24/h3-8,24H,1-2H3,(H,22,25,27)/b14-7-. The fraction of sp³-hybridized carbons (Fsp3) is 0.105. The topological polar surface area (TPSA) is 86.7 Å². The number of barbiturate groups is 1. The number of anilines is 1. The lowest BCUT2D eigenvalue weighted by molar-refractivity contribution is -0.122. The predicted octanol–water partition coefficient (Wildman–Crippen LogP) is 4.04. The van der Waals surface area contributed by atoms with Gasteiger partial charge in [-0.1, -0.05) is 22.0 Å². The third-order valence-electron chi connectivity index (χ3n) is 3.92. The van der Waals surface area contributed by atoms with Crippen LogP contribution in [0.1, 0.15) is 16.7 Å². The SMILES string of the molecule is Cc1cc(C)cc(N2C(=O)NC(=O)/C(=C/c3cc(Br)cc(I)c3O)C2=O)c1. The monoisotopic (exact) mass is 540 g/mol. The van der Waals surface area contributed by atoms with E-state index < -0.39 is 17.8 Å². The first kappa shape index (κ1) is 19.6. The molecule has 0 spiro atoms. The Morgan fingerprint density at radius 2 is 1.70 bits per heavy atom. The number of aryl methyl sites for hydroxylation is 2. The molecule has 1 aliphatic rings. The summed E-state index contributed by atoms with van der Waals surface area (Å²) < 4.78 is 1.24. The van der Waals surface area contributed by atoms with E-state index in [1.807, 2.05) is 42.5 Å². The lowest BCUT2D eigenvalue weighted by Crippen LogP contribution is -2.54. The van der Waals surface area contributed by atoms with Crippen LogP contribution in [0, 0.1) is 17.4 Å². The van der Waals surface area contributed by atoms with Gasteiger partial charge >= 0.3 is 6.03 Å². The van der Waals surface area contributed by atoms with Crippen molar-refractivity contribution in [2.45, 2.75) is 13.8 Å². The number of halogens is 2. The highest BCUT2D eigenvalue weighted by atomic mass is 127. The quantitative estimate of drug-likeness (QED) is 0.342. The molecule has 8 heteroatoms. The number of urea groups is 1. The van der Waals surface area contributed by atoms with Gasteiger partial charge in [-0.25, -0.2) is 9.69 Å². The van der Waals surface area contributed by atoms with E-state index in [4.69, 9.17) is 0 Å². The number of phenols is 1. The third-order valence-corrected chi connectivity index (χ3v) is 5.20. The number of nitrogens with zero attached hydrogens (tertiary/aromatic N) is 1. The first-order chi connectivity index (χ1) is 12.7. The van der Waals surface area contributed by atoms with Crippen molar-refractivity contribution in [1.29, 1.82) is 0 Å². The molecule has 1 fully saturated rings. The second-order valence-corrected chi connectivity index (χ2v) is 8.21. The van der Waals surface area contributed by atoms with Crippen LogP contribution in [-0.4, -0.2) is 23.0 Å². The van der Waals surface area contributed by atoms with Gasteiger partial charge in [-0.3, -0.25) is 14.9 Å². The van der Waals surface area contributed by atoms with Crippen molar-refractivity contribution >= 4 is 68.1 Å². The summed E-state index contributed by atoms with van der Waals surface area (Å²) in [5.41, 5.74) is 2.20. The molecular weight excluding hydrogens is 527 g/mol. The molecule has 2 aromatic rings. The molecule has 0 aromatic heterocycles. The molecule has 0 aliphatic carbocycles. The Morgan fingerprint density at radius 3 is 2.33 bits per heavy atom. The molecule has 0 bridgehead atoms. The van der Waals surface area contributed by atoms with Crippen molar-refractivity contribution in [3.05, 3.63) is 60.6 Å². The lowest BCUT2D eigenvalue weighted by Gasteiger charge is -2.27. The van der Waals surface area contributed by atoms with Crippen molar-refractivity contribution in [3.8, 4) is 5.75 Å². The number of imide groups is 2. The molecule has 6 nitrogen and oxygen atoms in total. The number of rotatable bonds is 2. The van der Waals surface area contributed by atoms with Gasteiger partial charge in [0, 0.05) is 10.0 Å². The zero-order valence-electron chi connectivity index (χ0n) is 14.3. The van der Waals surface area contributed by atoms with Gasteiger partial charge < -0.3 is 5.11 Å².